The van der Waals surface area contributed by atoms with Gasteiger partial charge in [-0.05, 0) is 39.1 Å². The molecule has 104 valence electrons. The fraction of sp³-hybridized carbons (Fsp3) is 0.429. The van der Waals surface area contributed by atoms with Crippen molar-refractivity contribution in [2.75, 3.05) is 5.73 Å². The second-order valence-electron chi connectivity index (χ2n) is 6.11. The predicted octanol–water partition coefficient (Wildman–Crippen LogP) is 1.51. The van der Waals surface area contributed by atoms with Crippen LogP contribution in [0, 0.1) is 0 Å². The number of pyridine rings is 2. The molecule has 0 aliphatic carbocycles. The molecule has 0 unspecified atom stereocenters. The molecule has 5 nitrogen and oxygen atoms in total. The quantitative estimate of drug-likeness (QED) is 0.796. The maximum Gasteiger partial charge on any atom is 0.497 e. The molecule has 3 rings (SSSR count). The number of rotatable bonds is 1. The Kier molecular flexibility index (Phi) is 2.78. The Hall–Kier alpha value is -1.66. The lowest BCUT2D eigenvalue weighted by molar-refractivity contribution is 0.00578. The van der Waals surface area contributed by atoms with Crippen LogP contribution in [0.5, 0.6) is 0 Å². The average Bonchev–Trinajstić information content (AvgIpc) is 2.59. The number of aromatic nitrogens is 2. The topological polar surface area (TPSA) is 70.3 Å². The summed E-state index contributed by atoms with van der Waals surface area (Å²) >= 11 is 0. The monoisotopic (exact) mass is 271 g/mol. The van der Waals surface area contributed by atoms with E-state index in [9.17, 15) is 0 Å². The molecule has 0 radical (unpaired) electrons. The summed E-state index contributed by atoms with van der Waals surface area (Å²) in [5.41, 5.74) is 6.03. The molecule has 0 saturated carbocycles. The molecule has 0 aromatic carbocycles. The van der Waals surface area contributed by atoms with Gasteiger partial charge >= 0.3 is 7.12 Å². The zero-order chi connectivity index (χ0) is 14.5. The Labute approximate surface area is 118 Å². The smallest absolute Gasteiger partial charge is 0.399 e. The van der Waals surface area contributed by atoms with Crippen LogP contribution in [-0.2, 0) is 9.31 Å². The van der Waals surface area contributed by atoms with Crippen LogP contribution in [0.25, 0.3) is 10.8 Å². The highest BCUT2D eigenvalue weighted by molar-refractivity contribution is 6.65. The van der Waals surface area contributed by atoms with Crippen LogP contribution in [0.1, 0.15) is 27.7 Å². The molecule has 1 fully saturated rings. The van der Waals surface area contributed by atoms with Gasteiger partial charge in [0.1, 0.15) is 5.82 Å². The van der Waals surface area contributed by atoms with Crippen molar-refractivity contribution < 1.29 is 9.31 Å². The molecule has 0 spiro atoms. The van der Waals surface area contributed by atoms with Gasteiger partial charge in [0.25, 0.3) is 0 Å². The SMILES string of the molecule is CC1(C)OB(c2cnc(N)c3cnccc23)OC1(C)C. The summed E-state index contributed by atoms with van der Waals surface area (Å²) in [4.78, 5) is 8.32. The van der Waals surface area contributed by atoms with Gasteiger partial charge in [0, 0.05) is 29.4 Å². The lowest BCUT2D eigenvalue weighted by Gasteiger charge is -2.32. The van der Waals surface area contributed by atoms with Crippen molar-refractivity contribution in [3.8, 4) is 0 Å². The first kappa shape index (κ1) is 13.3. The number of nitrogens with zero attached hydrogens (tertiary/aromatic N) is 2. The van der Waals surface area contributed by atoms with E-state index in [1.54, 1.807) is 18.6 Å². The first-order chi connectivity index (χ1) is 9.32. The molecule has 2 N–H and O–H groups in total. The van der Waals surface area contributed by atoms with E-state index in [-0.39, 0.29) is 11.2 Å². The highest BCUT2D eigenvalue weighted by atomic mass is 16.7. The third kappa shape index (κ3) is 1.87. The molecule has 1 aliphatic heterocycles. The van der Waals surface area contributed by atoms with Crippen molar-refractivity contribution in [1.29, 1.82) is 0 Å². The first-order valence-electron chi connectivity index (χ1n) is 6.65. The van der Waals surface area contributed by atoms with Gasteiger partial charge in [-0.15, -0.1) is 0 Å². The van der Waals surface area contributed by atoms with Gasteiger partial charge in [-0.2, -0.15) is 0 Å². The van der Waals surface area contributed by atoms with Crippen LogP contribution in [0.15, 0.2) is 24.7 Å². The highest BCUT2D eigenvalue weighted by Gasteiger charge is 2.52. The van der Waals surface area contributed by atoms with E-state index in [4.69, 9.17) is 15.0 Å². The minimum atomic E-state index is -0.446. The van der Waals surface area contributed by atoms with Gasteiger partial charge in [-0.25, -0.2) is 4.98 Å². The number of hydrogen-bond acceptors (Lipinski definition) is 5. The number of hydrogen-bond donors (Lipinski definition) is 1. The average molecular weight is 271 g/mol. The first-order valence-corrected chi connectivity index (χ1v) is 6.65. The summed E-state index contributed by atoms with van der Waals surface area (Å²) in [5, 5.41) is 1.78. The zero-order valence-corrected chi connectivity index (χ0v) is 12.2. The third-order valence-corrected chi connectivity index (χ3v) is 4.26. The molecule has 20 heavy (non-hydrogen) atoms. The van der Waals surface area contributed by atoms with Gasteiger partial charge in [0.05, 0.1) is 11.2 Å². The van der Waals surface area contributed by atoms with Crippen molar-refractivity contribution >= 4 is 29.2 Å². The van der Waals surface area contributed by atoms with Gasteiger partial charge in [0.2, 0.25) is 0 Å². The van der Waals surface area contributed by atoms with E-state index in [1.807, 2.05) is 33.8 Å². The molecule has 1 saturated heterocycles. The zero-order valence-electron chi connectivity index (χ0n) is 12.2. The van der Waals surface area contributed by atoms with Crippen LogP contribution < -0.4 is 11.2 Å². The van der Waals surface area contributed by atoms with Gasteiger partial charge in [0.15, 0.2) is 0 Å². The Morgan fingerprint density at radius 1 is 1.05 bits per heavy atom. The van der Waals surface area contributed by atoms with Crippen LogP contribution >= 0.6 is 0 Å². The van der Waals surface area contributed by atoms with E-state index in [2.05, 4.69) is 9.97 Å². The lowest BCUT2D eigenvalue weighted by Crippen LogP contribution is -2.41. The lowest BCUT2D eigenvalue weighted by atomic mass is 9.77. The molecule has 2 aromatic heterocycles. The van der Waals surface area contributed by atoms with Gasteiger partial charge < -0.3 is 15.0 Å². The normalized spacial score (nSPS) is 20.5. The molecular weight excluding hydrogens is 253 g/mol. The van der Waals surface area contributed by atoms with Crippen LogP contribution in [0.3, 0.4) is 0 Å². The summed E-state index contributed by atoms with van der Waals surface area (Å²) < 4.78 is 12.1. The van der Waals surface area contributed by atoms with Crippen molar-refractivity contribution in [2.24, 2.45) is 0 Å². The number of anilines is 1. The summed E-state index contributed by atoms with van der Waals surface area (Å²) in [6.45, 7) is 8.12. The van der Waals surface area contributed by atoms with Crippen molar-refractivity contribution in [3.63, 3.8) is 0 Å². The molecule has 3 heterocycles. The molecular formula is C14H18BN3O2. The summed E-state index contributed by atoms with van der Waals surface area (Å²) in [6.07, 6.45) is 5.17. The van der Waals surface area contributed by atoms with Gasteiger partial charge in [-0.1, -0.05) is 0 Å². The van der Waals surface area contributed by atoms with Crippen LogP contribution in [0.2, 0.25) is 0 Å². The minimum absolute atomic E-state index is 0.377. The summed E-state index contributed by atoms with van der Waals surface area (Å²) in [6, 6.07) is 1.91. The van der Waals surface area contributed by atoms with E-state index in [0.717, 1.165) is 16.2 Å². The third-order valence-electron chi connectivity index (χ3n) is 4.26. The van der Waals surface area contributed by atoms with Crippen molar-refractivity contribution in [3.05, 3.63) is 24.7 Å². The minimum Gasteiger partial charge on any atom is -0.399 e. The Morgan fingerprint density at radius 3 is 2.35 bits per heavy atom. The Bertz CT molecular complexity index is 657. The molecule has 1 aliphatic rings. The second-order valence-corrected chi connectivity index (χ2v) is 6.11. The summed E-state index contributed by atoms with van der Waals surface area (Å²) in [5.74, 6) is 0.466. The standard InChI is InChI=1S/C14H18BN3O2/c1-13(2)14(3,4)20-15(19-13)11-8-18-12(16)10-7-17-6-5-9(10)11/h5-8H,1-4H3,(H2,16,18). The maximum atomic E-state index is 6.07. The molecule has 0 atom stereocenters. The van der Waals surface area contributed by atoms with E-state index >= 15 is 0 Å². The van der Waals surface area contributed by atoms with E-state index in [0.29, 0.717) is 5.82 Å². The van der Waals surface area contributed by atoms with Crippen LogP contribution in [0.4, 0.5) is 5.82 Å². The Balaban J connectivity index is 2.11. The number of fused-ring (bicyclic) bond motifs is 1. The van der Waals surface area contributed by atoms with Crippen LogP contribution in [-0.4, -0.2) is 28.3 Å². The van der Waals surface area contributed by atoms with Crippen molar-refractivity contribution in [2.45, 2.75) is 38.9 Å². The molecule has 0 bridgehead atoms. The molecule has 6 heteroatoms. The predicted molar refractivity (Wildman–Crippen MR) is 79.7 cm³/mol. The summed E-state index contributed by atoms with van der Waals surface area (Å²) in [7, 11) is -0.446. The highest BCUT2D eigenvalue weighted by Crippen LogP contribution is 2.37. The Morgan fingerprint density at radius 2 is 1.70 bits per heavy atom. The van der Waals surface area contributed by atoms with Crippen molar-refractivity contribution in [1.82, 2.24) is 9.97 Å². The molecule has 0 amide bonds. The number of nitrogens with two attached hydrogens (primary N) is 1. The maximum absolute atomic E-state index is 6.07. The van der Waals surface area contributed by atoms with E-state index in [1.165, 1.54) is 0 Å². The fourth-order valence-electron chi connectivity index (χ4n) is 2.29. The molecule has 2 aromatic rings. The largest absolute Gasteiger partial charge is 0.497 e. The van der Waals surface area contributed by atoms with E-state index < -0.39 is 7.12 Å². The fourth-order valence-corrected chi connectivity index (χ4v) is 2.29. The van der Waals surface area contributed by atoms with Gasteiger partial charge in [-0.3, -0.25) is 4.98 Å². The number of nitrogen functional groups attached to an aromatic ring is 1. The second kappa shape index (κ2) is 4.17.